The average molecular weight is 523 g/mol. The van der Waals surface area contributed by atoms with Gasteiger partial charge in [-0.2, -0.15) is 0 Å². The van der Waals surface area contributed by atoms with Gasteiger partial charge in [0, 0.05) is 13.1 Å². The Bertz CT molecular complexity index is 886. The molecule has 194 valence electrons. The fourth-order valence-electron chi connectivity index (χ4n) is 7.09. The maximum absolute atomic E-state index is 13.6. The molecular formula is C31H44N2OP2. The summed E-state index contributed by atoms with van der Waals surface area (Å²) in [6.45, 7) is 0. The summed E-state index contributed by atoms with van der Waals surface area (Å²) < 4.78 is 0. The normalized spacial score (nSPS) is 23.9. The molecule has 0 aromatic heterocycles. The monoisotopic (exact) mass is 522 g/mol. The predicted molar refractivity (Wildman–Crippen MR) is 158 cm³/mol. The predicted octanol–water partition coefficient (Wildman–Crippen LogP) is 7.40. The van der Waals surface area contributed by atoms with E-state index in [4.69, 9.17) is 0 Å². The van der Waals surface area contributed by atoms with Gasteiger partial charge in [-0.25, -0.2) is 4.79 Å². The lowest BCUT2D eigenvalue weighted by molar-refractivity contribution is 0.193. The Morgan fingerprint density at radius 3 is 1.72 bits per heavy atom. The topological polar surface area (TPSA) is 32.3 Å². The quantitative estimate of drug-likeness (QED) is 0.378. The fraction of sp³-hybridized carbons (Fsp3) is 0.581. The van der Waals surface area contributed by atoms with Crippen LogP contribution in [0.2, 0.25) is 0 Å². The lowest BCUT2D eigenvalue weighted by Gasteiger charge is -2.45. The summed E-state index contributed by atoms with van der Waals surface area (Å²) >= 11 is 0. The number of carbonyl (C=O) groups excluding carboxylic acids is 1. The Hall–Kier alpha value is -1.43. The van der Waals surface area contributed by atoms with E-state index < -0.39 is 7.92 Å². The molecule has 5 heteroatoms. The van der Waals surface area contributed by atoms with Gasteiger partial charge in [-0.3, -0.25) is 0 Å². The molecule has 0 radical (unpaired) electrons. The molecule has 2 atom stereocenters. The van der Waals surface area contributed by atoms with Gasteiger partial charge in [-0.05, 0) is 74.5 Å². The Kier molecular flexibility index (Phi) is 9.37. The van der Waals surface area contributed by atoms with Crippen molar-refractivity contribution < 1.29 is 4.79 Å². The minimum absolute atomic E-state index is 0.163. The third-order valence-corrected chi connectivity index (χ3v) is 15.3. The minimum Gasteiger partial charge on any atom is -0.341 e. The molecule has 0 unspecified atom stereocenters. The number of nitrogens with zero attached hydrogens (tertiary/aromatic N) is 1. The molecule has 3 nitrogen and oxygen atoms in total. The molecule has 2 aromatic rings. The van der Waals surface area contributed by atoms with E-state index in [1.807, 2.05) is 7.05 Å². The summed E-state index contributed by atoms with van der Waals surface area (Å²) in [6.07, 6.45) is 17.5. The van der Waals surface area contributed by atoms with Crippen LogP contribution >= 0.6 is 15.8 Å². The number of rotatable bonds is 7. The van der Waals surface area contributed by atoms with Crippen molar-refractivity contribution in [3.05, 3.63) is 60.7 Å². The molecule has 3 aliphatic rings. The highest BCUT2D eigenvalue weighted by Crippen LogP contribution is 2.62. The Balaban J connectivity index is 1.44. The Morgan fingerprint density at radius 2 is 1.25 bits per heavy atom. The third-order valence-electron chi connectivity index (χ3n) is 8.79. The number of nitrogens with one attached hydrogen (secondary N) is 1. The number of urea groups is 1. The van der Waals surface area contributed by atoms with Crippen LogP contribution in [0.1, 0.15) is 77.0 Å². The van der Waals surface area contributed by atoms with Crippen molar-refractivity contribution in [3.63, 3.8) is 0 Å². The second-order valence-electron chi connectivity index (χ2n) is 11.0. The van der Waals surface area contributed by atoms with Crippen LogP contribution < -0.4 is 15.9 Å². The molecule has 1 aliphatic heterocycles. The lowest BCUT2D eigenvalue weighted by Crippen LogP contribution is -2.48. The van der Waals surface area contributed by atoms with E-state index in [0.29, 0.717) is 11.8 Å². The zero-order valence-corrected chi connectivity index (χ0v) is 23.8. The van der Waals surface area contributed by atoms with Gasteiger partial charge in [0.1, 0.15) is 0 Å². The first-order valence-electron chi connectivity index (χ1n) is 14.4. The summed E-state index contributed by atoms with van der Waals surface area (Å²) in [4.78, 5) is 16.0. The molecule has 5 rings (SSSR count). The van der Waals surface area contributed by atoms with Crippen LogP contribution in [0.5, 0.6) is 0 Å². The summed E-state index contributed by atoms with van der Waals surface area (Å²) in [5.41, 5.74) is 1.75. The van der Waals surface area contributed by atoms with Gasteiger partial charge in [0.05, 0.1) is 5.78 Å². The molecule has 36 heavy (non-hydrogen) atoms. The number of benzene rings is 2. The highest BCUT2D eigenvalue weighted by atomic mass is 31.1. The Morgan fingerprint density at radius 1 is 0.750 bits per heavy atom. The molecule has 2 saturated carbocycles. The summed E-state index contributed by atoms with van der Waals surface area (Å²) in [7, 11) is 1.18. The van der Waals surface area contributed by atoms with Gasteiger partial charge in [0.2, 0.25) is 0 Å². The van der Waals surface area contributed by atoms with Gasteiger partial charge < -0.3 is 10.2 Å². The zero-order chi connectivity index (χ0) is 24.7. The first-order chi connectivity index (χ1) is 17.8. The van der Waals surface area contributed by atoms with Gasteiger partial charge >= 0.3 is 6.03 Å². The van der Waals surface area contributed by atoms with E-state index in [0.717, 1.165) is 23.9 Å². The van der Waals surface area contributed by atoms with Crippen LogP contribution in [-0.4, -0.2) is 47.3 Å². The molecule has 1 N–H and O–H groups in total. The molecule has 0 bridgehead atoms. The van der Waals surface area contributed by atoms with Crippen molar-refractivity contribution in [2.75, 3.05) is 13.2 Å². The van der Waals surface area contributed by atoms with E-state index >= 15 is 0 Å². The fourth-order valence-corrected chi connectivity index (χ4v) is 14.2. The number of hydrogen-bond donors (Lipinski definition) is 1. The second-order valence-corrected chi connectivity index (χ2v) is 16.2. The van der Waals surface area contributed by atoms with Crippen molar-refractivity contribution >= 4 is 32.5 Å². The molecule has 1 saturated heterocycles. The first kappa shape index (κ1) is 26.2. The van der Waals surface area contributed by atoms with Crippen molar-refractivity contribution in [2.45, 2.75) is 100 Å². The summed E-state index contributed by atoms with van der Waals surface area (Å²) in [6, 6.07) is 22.6. The van der Waals surface area contributed by atoms with Gasteiger partial charge in [-0.15, -0.1) is 0 Å². The molecule has 2 amide bonds. The van der Waals surface area contributed by atoms with Crippen LogP contribution in [0.3, 0.4) is 0 Å². The number of carbonyl (C=O) groups is 1. The van der Waals surface area contributed by atoms with Crippen LogP contribution in [0, 0.1) is 0 Å². The molecular weight excluding hydrogens is 478 g/mol. The van der Waals surface area contributed by atoms with Crippen molar-refractivity contribution in [1.29, 1.82) is 0 Å². The van der Waals surface area contributed by atoms with Gasteiger partial charge in [-0.1, -0.05) is 107 Å². The van der Waals surface area contributed by atoms with E-state index in [2.05, 4.69) is 70.9 Å². The third kappa shape index (κ3) is 6.00. The van der Waals surface area contributed by atoms with E-state index in [1.54, 1.807) is 0 Å². The Labute approximate surface area is 221 Å². The van der Waals surface area contributed by atoms with Crippen LogP contribution in [0.4, 0.5) is 4.79 Å². The van der Waals surface area contributed by atoms with Crippen LogP contribution in [0.25, 0.3) is 0 Å². The van der Waals surface area contributed by atoms with Gasteiger partial charge in [0.15, 0.2) is 0 Å². The SMILES string of the molecule is CNC(=O)N1[C@@H](CP(c2ccccc2)c2ccccc2)CC[C@H]1P(C1CCCCC1)C1CCCCC1. The molecule has 0 spiro atoms. The van der Waals surface area contributed by atoms with Crippen molar-refractivity contribution in [3.8, 4) is 0 Å². The number of likely N-dealkylation sites (tertiary alicyclic amines) is 1. The maximum atomic E-state index is 13.6. The number of hydrogen-bond acceptors (Lipinski definition) is 1. The van der Waals surface area contributed by atoms with E-state index in [-0.39, 0.29) is 14.0 Å². The van der Waals surface area contributed by atoms with Gasteiger partial charge in [0.25, 0.3) is 0 Å². The molecule has 1 heterocycles. The van der Waals surface area contributed by atoms with Crippen molar-refractivity contribution in [1.82, 2.24) is 10.2 Å². The van der Waals surface area contributed by atoms with Crippen LogP contribution in [0.15, 0.2) is 60.7 Å². The number of amides is 2. The smallest absolute Gasteiger partial charge is 0.317 e. The molecule has 2 aliphatic carbocycles. The maximum Gasteiger partial charge on any atom is 0.317 e. The van der Waals surface area contributed by atoms with Crippen molar-refractivity contribution in [2.24, 2.45) is 0 Å². The molecule has 2 aromatic carbocycles. The minimum atomic E-state index is -0.500. The van der Waals surface area contributed by atoms with E-state index in [1.165, 1.54) is 81.2 Å². The first-order valence-corrected chi connectivity index (χ1v) is 17.5. The largest absolute Gasteiger partial charge is 0.341 e. The standard InChI is InChI=1S/C31H44N2OP2/c1-32-31(34)33-25(24-35(26-14-6-2-7-15-26)27-16-8-3-9-17-27)22-23-30(33)36(28-18-10-4-11-19-28)29-20-12-5-13-21-29/h2-3,6-9,14-17,25,28-30H,4-5,10-13,18-24H2,1H3,(H,32,34)/t25-,30-/m1/s1. The zero-order valence-electron chi connectivity index (χ0n) is 22.0. The van der Waals surface area contributed by atoms with Crippen LogP contribution in [-0.2, 0) is 0 Å². The summed E-state index contributed by atoms with van der Waals surface area (Å²) in [5, 5.41) is 5.95. The molecule has 3 fully saturated rings. The highest BCUT2D eigenvalue weighted by molar-refractivity contribution is 7.73. The highest BCUT2D eigenvalue weighted by Gasteiger charge is 2.46. The summed E-state index contributed by atoms with van der Waals surface area (Å²) in [5.74, 6) is 0.472. The lowest BCUT2D eigenvalue weighted by atomic mass is 9.99. The average Bonchev–Trinajstić information content (AvgIpc) is 3.36. The second kappa shape index (κ2) is 12.9. The van der Waals surface area contributed by atoms with E-state index in [9.17, 15) is 4.79 Å².